The van der Waals surface area contributed by atoms with Gasteiger partial charge in [0.05, 0.1) is 0 Å². The molecule has 0 saturated heterocycles. The van der Waals surface area contributed by atoms with Gasteiger partial charge in [0.15, 0.2) is 6.61 Å². The van der Waals surface area contributed by atoms with Gasteiger partial charge in [-0.1, -0.05) is 46.3 Å². The number of likely N-dealkylation sites (N-methyl/N-ethyl adjacent to an activating group) is 1. The fourth-order valence-corrected chi connectivity index (χ4v) is 2.55. The van der Waals surface area contributed by atoms with E-state index in [1.165, 1.54) is 5.56 Å². The number of nitrogens with zero attached hydrogens (tertiary/aromatic N) is 1. The molecule has 5 heteroatoms. The molecule has 2 aromatic carbocycles. The van der Waals surface area contributed by atoms with E-state index in [0.717, 1.165) is 10.9 Å². The molecule has 0 saturated carbocycles. The normalized spacial score (nSPS) is 12.0. The van der Waals surface area contributed by atoms with Crippen molar-refractivity contribution >= 4 is 21.8 Å². The van der Waals surface area contributed by atoms with Crippen molar-refractivity contribution in [3.8, 4) is 5.75 Å². The lowest BCUT2D eigenvalue weighted by atomic mass is 10.1. The summed E-state index contributed by atoms with van der Waals surface area (Å²) in [5.41, 5.74) is 1.26. The van der Waals surface area contributed by atoms with Crippen molar-refractivity contribution in [3.63, 3.8) is 0 Å². The van der Waals surface area contributed by atoms with Crippen molar-refractivity contribution in [3.05, 3.63) is 64.6 Å². The quantitative estimate of drug-likeness (QED) is 0.752. The Kier molecular flexibility index (Phi) is 7.28. The van der Waals surface area contributed by atoms with Crippen LogP contribution < -0.4 is 10.1 Å². The van der Waals surface area contributed by atoms with Crippen LogP contribution in [0.15, 0.2) is 59.1 Å². The Balaban J connectivity index is 1.78. The van der Waals surface area contributed by atoms with Gasteiger partial charge < -0.3 is 15.0 Å². The first-order chi connectivity index (χ1) is 11.5. The van der Waals surface area contributed by atoms with E-state index in [1.807, 2.05) is 56.6 Å². The molecule has 128 valence electrons. The molecule has 0 aromatic heterocycles. The molecule has 0 aliphatic rings. The lowest BCUT2D eigenvalue weighted by molar-refractivity contribution is -0.123. The maximum absolute atomic E-state index is 12.0. The topological polar surface area (TPSA) is 41.6 Å². The van der Waals surface area contributed by atoms with Gasteiger partial charge in [-0.3, -0.25) is 4.79 Å². The highest BCUT2D eigenvalue weighted by atomic mass is 79.9. The summed E-state index contributed by atoms with van der Waals surface area (Å²) < 4.78 is 6.47. The molecule has 2 aromatic rings. The minimum Gasteiger partial charge on any atom is -0.484 e. The standard InChI is InChI=1S/C19H23BrN2O2/c1-22(2)17(12-15-6-4-3-5-7-15)13-21-19(23)14-24-18-10-8-16(20)9-11-18/h3-11,17H,12-14H2,1-2H3,(H,21,23)/t17-/m0/s1. The maximum atomic E-state index is 12.0. The van der Waals surface area contributed by atoms with Gasteiger partial charge in [-0.05, 0) is 50.3 Å². The summed E-state index contributed by atoms with van der Waals surface area (Å²) >= 11 is 3.37. The van der Waals surface area contributed by atoms with Gasteiger partial charge in [-0.25, -0.2) is 0 Å². The number of rotatable bonds is 8. The molecule has 0 bridgehead atoms. The molecular weight excluding hydrogens is 368 g/mol. The van der Waals surface area contributed by atoms with Crippen molar-refractivity contribution in [2.24, 2.45) is 0 Å². The lowest BCUT2D eigenvalue weighted by Crippen LogP contribution is -2.42. The average molecular weight is 391 g/mol. The summed E-state index contributed by atoms with van der Waals surface area (Å²) in [6, 6.07) is 18.0. The van der Waals surface area contributed by atoms with Crippen molar-refractivity contribution < 1.29 is 9.53 Å². The summed E-state index contributed by atoms with van der Waals surface area (Å²) in [7, 11) is 4.05. The molecule has 4 nitrogen and oxygen atoms in total. The Labute approximate surface area is 151 Å². The predicted molar refractivity (Wildman–Crippen MR) is 100 cm³/mol. The van der Waals surface area contributed by atoms with E-state index in [-0.39, 0.29) is 18.6 Å². The van der Waals surface area contributed by atoms with E-state index < -0.39 is 0 Å². The second-order valence-electron chi connectivity index (χ2n) is 5.85. The Morgan fingerprint density at radius 3 is 2.42 bits per heavy atom. The Bertz CT molecular complexity index is 630. The number of halogens is 1. The fourth-order valence-electron chi connectivity index (χ4n) is 2.29. The SMILES string of the molecule is CN(C)[C@H](CNC(=O)COc1ccc(Br)cc1)Cc1ccccc1. The summed E-state index contributed by atoms with van der Waals surface area (Å²) in [6.07, 6.45) is 0.891. The third kappa shape index (κ3) is 6.34. The van der Waals surface area contributed by atoms with Crippen LogP contribution in [0.1, 0.15) is 5.56 Å². The smallest absolute Gasteiger partial charge is 0.257 e. The van der Waals surface area contributed by atoms with Crippen molar-refractivity contribution in [1.29, 1.82) is 0 Å². The molecule has 0 spiro atoms. The molecule has 1 amide bonds. The van der Waals surface area contributed by atoms with Gasteiger partial charge in [0.1, 0.15) is 5.75 Å². The molecular formula is C19H23BrN2O2. The first-order valence-corrected chi connectivity index (χ1v) is 8.69. The molecule has 0 unspecified atom stereocenters. The predicted octanol–water partition coefficient (Wildman–Crippen LogP) is 3.12. The van der Waals surface area contributed by atoms with Crippen LogP contribution in [-0.2, 0) is 11.2 Å². The second-order valence-corrected chi connectivity index (χ2v) is 6.77. The summed E-state index contributed by atoms with van der Waals surface area (Å²) in [5.74, 6) is 0.569. The van der Waals surface area contributed by atoms with Gasteiger partial charge in [0.2, 0.25) is 0 Å². The van der Waals surface area contributed by atoms with Gasteiger partial charge in [-0.2, -0.15) is 0 Å². The van der Waals surface area contributed by atoms with Crippen LogP contribution in [0.4, 0.5) is 0 Å². The van der Waals surface area contributed by atoms with Gasteiger partial charge in [-0.15, -0.1) is 0 Å². The Morgan fingerprint density at radius 2 is 1.79 bits per heavy atom. The largest absolute Gasteiger partial charge is 0.484 e. The molecule has 1 N–H and O–H groups in total. The van der Waals surface area contributed by atoms with E-state index in [1.54, 1.807) is 0 Å². The van der Waals surface area contributed by atoms with Crippen LogP contribution in [0, 0.1) is 0 Å². The molecule has 0 aliphatic heterocycles. The average Bonchev–Trinajstić information content (AvgIpc) is 2.58. The van der Waals surface area contributed by atoms with E-state index in [9.17, 15) is 4.79 Å². The molecule has 0 radical (unpaired) electrons. The van der Waals surface area contributed by atoms with Crippen LogP contribution >= 0.6 is 15.9 Å². The highest BCUT2D eigenvalue weighted by molar-refractivity contribution is 9.10. The van der Waals surface area contributed by atoms with E-state index in [0.29, 0.717) is 12.3 Å². The lowest BCUT2D eigenvalue weighted by Gasteiger charge is -2.24. The molecule has 2 rings (SSSR count). The zero-order valence-corrected chi connectivity index (χ0v) is 15.6. The van der Waals surface area contributed by atoms with Crippen LogP contribution in [0.5, 0.6) is 5.75 Å². The van der Waals surface area contributed by atoms with Crippen LogP contribution in [0.2, 0.25) is 0 Å². The summed E-state index contributed by atoms with van der Waals surface area (Å²) in [4.78, 5) is 14.1. The third-order valence-corrected chi connectivity index (χ3v) is 4.29. The maximum Gasteiger partial charge on any atom is 0.257 e. The first-order valence-electron chi connectivity index (χ1n) is 7.90. The molecule has 0 aliphatic carbocycles. The minimum atomic E-state index is -0.113. The number of hydrogen-bond acceptors (Lipinski definition) is 3. The zero-order chi connectivity index (χ0) is 17.4. The highest BCUT2D eigenvalue weighted by Gasteiger charge is 2.14. The summed E-state index contributed by atoms with van der Waals surface area (Å²) in [5, 5.41) is 2.95. The monoisotopic (exact) mass is 390 g/mol. The third-order valence-electron chi connectivity index (χ3n) is 3.76. The van der Waals surface area contributed by atoms with Crippen molar-refractivity contribution in [2.45, 2.75) is 12.5 Å². The number of nitrogens with one attached hydrogen (secondary N) is 1. The number of amides is 1. The summed E-state index contributed by atoms with van der Waals surface area (Å²) in [6.45, 7) is 0.609. The zero-order valence-electron chi connectivity index (χ0n) is 14.0. The molecule has 1 atom stereocenters. The number of hydrogen-bond donors (Lipinski definition) is 1. The number of benzene rings is 2. The number of carbonyl (C=O) groups is 1. The second kappa shape index (κ2) is 9.45. The van der Waals surface area contributed by atoms with Crippen LogP contribution in [0.25, 0.3) is 0 Å². The van der Waals surface area contributed by atoms with Gasteiger partial charge >= 0.3 is 0 Å². The van der Waals surface area contributed by atoms with Gasteiger partial charge in [0, 0.05) is 17.1 Å². The fraction of sp³-hybridized carbons (Fsp3) is 0.316. The van der Waals surface area contributed by atoms with Crippen molar-refractivity contribution in [1.82, 2.24) is 10.2 Å². The first kappa shape index (κ1) is 18.5. The highest BCUT2D eigenvalue weighted by Crippen LogP contribution is 2.15. The Hall–Kier alpha value is -1.85. The number of ether oxygens (including phenoxy) is 1. The molecule has 24 heavy (non-hydrogen) atoms. The number of carbonyl (C=O) groups excluding carboxylic acids is 1. The Morgan fingerprint density at radius 1 is 1.12 bits per heavy atom. The van der Waals surface area contributed by atoms with Gasteiger partial charge in [0.25, 0.3) is 5.91 Å². The molecule has 0 fully saturated rings. The van der Waals surface area contributed by atoms with E-state index in [2.05, 4.69) is 38.3 Å². The van der Waals surface area contributed by atoms with Crippen molar-refractivity contribution in [2.75, 3.05) is 27.2 Å². The van der Waals surface area contributed by atoms with E-state index in [4.69, 9.17) is 4.74 Å². The minimum absolute atomic E-state index is 0.0210. The van der Waals surface area contributed by atoms with Crippen LogP contribution in [0.3, 0.4) is 0 Å². The molecule has 0 heterocycles. The van der Waals surface area contributed by atoms with Crippen LogP contribution in [-0.4, -0.2) is 44.1 Å². The van der Waals surface area contributed by atoms with E-state index >= 15 is 0 Å².